The molecule has 0 spiro atoms. The number of hydrogen-bond donors (Lipinski definition) is 2. The van der Waals surface area contributed by atoms with Crippen LogP contribution >= 0.6 is 0 Å². The lowest BCUT2D eigenvalue weighted by Gasteiger charge is -2.42. The average Bonchev–Trinajstić information content (AvgIpc) is 2.47. The fraction of sp³-hybridized carbons (Fsp3) is 0.714. The van der Waals surface area contributed by atoms with Gasteiger partial charge in [-0.05, 0) is 19.3 Å². The average molecular weight is 294 g/mol. The molecule has 1 aromatic heterocycles. The van der Waals surface area contributed by atoms with Crippen molar-refractivity contribution in [3.8, 4) is 5.75 Å². The zero-order chi connectivity index (χ0) is 14.8. The molecule has 116 valence electrons. The maximum Gasteiger partial charge on any atom is 0.349 e. The van der Waals surface area contributed by atoms with Crippen LogP contribution in [-0.4, -0.2) is 41.5 Å². The van der Waals surface area contributed by atoms with Crippen molar-refractivity contribution >= 4 is 5.82 Å². The molecule has 21 heavy (non-hydrogen) atoms. The van der Waals surface area contributed by atoms with Crippen molar-refractivity contribution in [2.45, 2.75) is 31.4 Å². The van der Waals surface area contributed by atoms with E-state index >= 15 is 0 Å². The summed E-state index contributed by atoms with van der Waals surface area (Å²) in [5.74, 6) is 1.56. The van der Waals surface area contributed by atoms with Crippen molar-refractivity contribution in [1.29, 1.82) is 0 Å². The van der Waals surface area contributed by atoms with E-state index in [4.69, 9.17) is 15.2 Å². The van der Waals surface area contributed by atoms with Crippen LogP contribution in [0.1, 0.15) is 19.3 Å². The van der Waals surface area contributed by atoms with Crippen molar-refractivity contribution < 1.29 is 9.47 Å². The van der Waals surface area contributed by atoms with E-state index in [2.05, 4.69) is 10.3 Å². The predicted octanol–water partition coefficient (Wildman–Crippen LogP) is 0.0972. The summed E-state index contributed by atoms with van der Waals surface area (Å²) in [5.41, 5.74) is 5.18. The molecule has 0 aromatic carbocycles. The molecule has 1 aliphatic heterocycles. The SMILES string of the molecule is Cn1cc2c(nc1=O)NC1C(COCCN)CCCC1O2. The third kappa shape index (κ3) is 2.89. The number of fused-ring (bicyclic) bond motifs is 2. The molecule has 1 saturated carbocycles. The van der Waals surface area contributed by atoms with Crippen molar-refractivity contribution in [1.82, 2.24) is 9.55 Å². The van der Waals surface area contributed by atoms with Gasteiger partial charge in [0.15, 0.2) is 11.6 Å². The van der Waals surface area contributed by atoms with E-state index < -0.39 is 0 Å². The zero-order valence-electron chi connectivity index (χ0n) is 12.2. The number of ether oxygens (including phenoxy) is 2. The number of rotatable bonds is 4. The van der Waals surface area contributed by atoms with E-state index in [-0.39, 0.29) is 17.8 Å². The normalized spacial score (nSPS) is 27.2. The van der Waals surface area contributed by atoms with E-state index in [0.29, 0.717) is 37.2 Å². The van der Waals surface area contributed by atoms with Gasteiger partial charge in [0, 0.05) is 19.5 Å². The Bertz CT molecular complexity index is 560. The van der Waals surface area contributed by atoms with Crippen LogP contribution in [-0.2, 0) is 11.8 Å². The predicted molar refractivity (Wildman–Crippen MR) is 78.5 cm³/mol. The first-order valence-corrected chi connectivity index (χ1v) is 7.47. The van der Waals surface area contributed by atoms with Crippen LogP contribution in [0.3, 0.4) is 0 Å². The van der Waals surface area contributed by atoms with E-state index in [1.54, 1.807) is 13.2 Å². The molecule has 1 fully saturated rings. The number of aryl methyl sites for hydroxylation is 1. The molecule has 3 rings (SSSR count). The van der Waals surface area contributed by atoms with Gasteiger partial charge in [-0.2, -0.15) is 4.98 Å². The minimum absolute atomic E-state index is 0.108. The highest BCUT2D eigenvalue weighted by Gasteiger charge is 2.39. The third-order valence-corrected chi connectivity index (χ3v) is 4.20. The summed E-state index contributed by atoms with van der Waals surface area (Å²) in [7, 11) is 1.68. The maximum atomic E-state index is 11.7. The molecule has 1 aromatic rings. The molecule has 0 saturated heterocycles. The Morgan fingerprint density at radius 1 is 1.57 bits per heavy atom. The van der Waals surface area contributed by atoms with Crippen molar-refractivity contribution in [2.24, 2.45) is 18.7 Å². The maximum absolute atomic E-state index is 11.7. The van der Waals surface area contributed by atoms with Crippen LogP contribution in [0.25, 0.3) is 0 Å². The van der Waals surface area contributed by atoms with Crippen LogP contribution in [0.15, 0.2) is 11.0 Å². The number of aromatic nitrogens is 2. The largest absolute Gasteiger partial charge is 0.483 e. The van der Waals surface area contributed by atoms with E-state index in [1.165, 1.54) is 4.57 Å². The van der Waals surface area contributed by atoms with Crippen LogP contribution in [0.4, 0.5) is 5.82 Å². The summed E-state index contributed by atoms with van der Waals surface area (Å²) in [4.78, 5) is 15.7. The first-order chi connectivity index (χ1) is 10.2. The molecule has 0 amide bonds. The van der Waals surface area contributed by atoms with Crippen LogP contribution in [0, 0.1) is 5.92 Å². The van der Waals surface area contributed by atoms with Crippen molar-refractivity contribution in [3.05, 3.63) is 16.7 Å². The lowest BCUT2D eigenvalue weighted by molar-refractivity contribution is 0.0375. The monoisotopic (exact) mass is 294 g/mol. The van der Waals surface area contributed by atoms with Crippen LogP contribution in [0.5, 0.6) is 5.75 Å². The standard InChI is InChI=1S/C14H22N4O3/c1-18-7-11-13(17-14(18)19)16-12-9(8-20-6-5-15)3-2-4-10(12)21-11/h7,9-10,12H,2-6,8,15H2,1H3,(H,16,17,19). The van der Waals surface area contributed by atoms with Gasteiger partial charge in [-0.15, -0.1) is 0 Å². The number of anilines is 1. The van der Waals surface area contributed by atoms with Gasteiger partial charge in [0.05, 0.1) is 25.5 Å². The Morgan fingerprint density at radius 3 is 3.24 bits per heavy atom. The van der Waals surface area contributed by atoms with E-state index in [9.17, 15) is 4.79 Å². The summed E-state index contributed by atoms with van der Waals surface area (Å²) < 4.78 is 13.1. The molecule has 0 radical (unpaired) electrons. The highest BCUT2D eigenvalue weighted by atomic mass is 16.5. The van der Waals surface area contributed by atoms with Gasteiger partial charge in [-0.1, -0.05) is 0 Å². The molecule has 3 atom stereocenters. The first kappa shape index (κ1) is 14.3. The highest BCUT2D eigenvalue weighted by molar-refractivity contribution is 5.51. The molecular formula is C14H22N4O3. The lowest BCUT2D eigenvalue weighted by Crippen LogP contribution is -2.51. The van der Waals surface area contributed by atoms with Gasteiger partial charge in [0.2, 0.25) is 0 Å². The van der Waals surface area contributed by atoms with Crippen molar-refractivity contribution in [3.63, 3.8) is 0 Å². The molecule has 0 bridgehead atoms. The van der Waals surface area contributed by atoms with Gasteiger partial charge in [0.25, 0.3) is 0 Å². The summed E-state index contributed by atoms with van der Waals surface area (Å²) in [6.07, 6.45) is 5.02. The molecule has 2 heterocycles. The smallest absolute Gasteiger partial charge is 0.349 e. The van der Waals surface area contributed by atoms with Crippen LogP contribution < -0.4 is 21.5 Å². The minimum Gasteiger partial charge on any atom is -0.483 e. The van der Waals surface area contributed by atoms with Gasteiger partial charge in [-0.25, -0.2) is 4.79 Å². The molecular weight excluding hydrogens is 272 g/mol. The first-order valence-electron chi connectivity index (χ1n) is 7.47. The second kappa shape index (κ2) is 6.03. The Labute approximate surface area is 123 Å². The van der Waals surface area contributed by atoms with E-state index in [1.807, 2.05) is 0 Å². The summed E-state index contributed by atoms with van der Waals surface area (Å²) in [6, 6.07) is 0.142. The van der Waals surface area contributed by atoms with Crippen molar-refractivity contribution in [2.75, 3.05) is 25.1 Å². The zero-order valence-corrected chi connectivity index (χ0v) is 12.2. The fourth-order valence-corrected chi connectivity index (χ4v) is 3.12. The van der Waals surface area contributed by atoms with Gasteiger partial charge >= 0.3 is 5.69 Å². The lowest BCUT2D eigenvalue weighted by atomic mass is 9.82. The number of nitrogens with one attached hydrogen (secondary N) is 1. The molecule has 2 aliphatic rings. The second-order valence-corrected chi connectivity index (χ2v) is 5.73. The van der Waals surface area contributed by atoms with Gasteiger partial charge in [0.1, 0.15) is 6.10 Å². The van der Waals surface area contributed by atoms with Gasteiger partial charge in [-0.3, -0.25) is 4.57 Å². The summed E-state index contributed by atoms with van der Waals surface area (Å²) in [6.45, 7) is 1.77. The van der Waals surface area contributed by atoms with E-state index in [0.717, 1.165) is 19.3 Å². The second-order valence-electron chi connectivity index (χ2n) is 5.73. The number of nitrogens with zero attached hydrogens (tertiary/aromatic N) is 2. The molecule has 7 heteroatoms. The molecule has 3 N–H and O–H groups in total. The number of hydrogen-bond acceptors (Lipinski definition) is 6. The summed E-state index contributed by atoms with van der Waals surface area (Å²) in [5, 5.41) is 3.38. The third-order valence-electron chi connectivity index (χ3n) is 4.20. The Hall–Kier alpha value is -1.60. The fourth-order valence-electron chi connectivity index (χ4n) is 3.12. The Balaban J connectivity index is 1.78. The molecule has 7 nitrogen and oxygen atoms in total. The highest BCUT2D eigenvalue weighted by Crippen LogP contribution is 2.36. The molecule has 3 unspecified atom stereocenters. The molecule has 1 aliphatic carbocycles. The van der Waals surface area contributed by atoms with Gasteiger partial charge < -0.3 is 20.5 Å². The van der Waals surface area contributed by atoms with Crippen LogP contribution in [0.2, 0.25) is 0 Å². The Morgan fingerprint density at radius 2 is 2.43 bits per heavy atom. The Kier molecular flexibility index (Phi) is 4.12. The quantitative estimate of drug-likeness (QED) is 0.765. The minimum atomic E-state index is -0.282. The topological polar surface area (TPSA) is 91.4 Å². The number of nitrogens with two attached hydrogens (primary N) is 1. The summed E-state index contributed by atoms with van der Waals surface area (Å²) >= 11 is 0.